The number of aliphatic hydroxyl groups excluding tert-OH is 1. The van der Waals surface area contributed by atoms with E-state index in [-0.39, 0.29) is 0 Å². The highest BCUT2D eigenvalue weighted by Gasteiger charge is 2.24. The zero-order valence-corrected chi connectivity index (χ0v) is 11.3. The summed E-state index contributed by atoms with van der Waals surface area (Å²) >= 11 is 0. The van der Waals surface area contributed by atoms with Crippen LogP contribution in [0.1, 0.15) is 47.1 Å². The largest absolute Gasteiger partial charge is 0.388 e. The van der Waals surface area contributed by atoms with Gasteiger partial charge in [0.25, 0.3) is 0 Å². The lowest BCUT2D eigenvalue weighted by molar-refractivity contribution is 0.178. The minimum atomic E-state index is -0.403. The maximum atomic E-state index is 10.4. The molecular formula is C18H20O. The lowest BCUT2D eigenvalue weighted by atomic mass is 9.96. The van der Waals surface area contributed by atoms with Crippen LogP contribution in [-0.2, 0) is 6.42 Å². The average molecular weight is 252 g/mol. The molecule has 1 aliphatic carbocycles. The Morgan fingerprint density at radius 3 is 2.63 bits per heavy atom. The molecule has 0 amide bonds. The zero-order valence-electron chi connectivity index (χ0n) is 11.3. The van der Waals surface area contributed by atoms with Gasteiger partial charge in [0, 0.05) is 6.42 Å². The summed E-state index contributed by atoms with van der Waals surface area (Å²) in [5.74, 6) is 0.741. The molecule has 0 saturated heterocycles. The predicted molar refractivity (Wildman–Crippen MR) is 78.3 cm³/mol. The highest BCUT2D eigenvalue weighted by atomic mass is 16.3. The van der Waals surface area contributed by atoms with Crippen molar-refractivity contribution in [1.29, 1.82) is 0 Å². The summed E-state index contributed by atoms with van der Waals surface area (Å²) in [4.78, 5) is 0. The van der Waals surface area contributed by atoms with Gasteiger partial charge in [-0.15, -0.1) is 0 Å². The molecule has 1 atom stereocenters. The fourth-order valence-corrected chi connectivity index (χ4v) is 2.60. The van der Waals surface area contributed by atoms with Gasteiger partial charge in [0.15, 0.2) is 0 Å². The molecule has 1 saturated carbocycles. The Bertz CT molecular complexity index is 569. The topological polar surface area (TPSA) is 20.2 Å². The van der Waals surface area contributed by atoms with Gasteiger partial charge in [-0.2, -0.15) is 0 Å². The molecule has 0 bridgehead atoms. The number of aryl methyl sites for hydroxylation is 1. The first-order valence-electron chi connectivity index (χ1n) is 7.06. The van der Waals surface area contributed by atoms with E-state index in [1.807, 2.05) is 18.2 Å². The smallest absolute Gasteiger partial charge is 0.0830 e. The molecule has 0 radical (unpaired) electrons. The Morgan fingerprint density at radius 2 is 1.89 bits per heavy atom. The molecule has 3 rings (SSSR count). The van der Waals surface area contributed by atoms with Crippen LogP contribution in [0, 0.1) is 6.92 Å². The molecule has 2 aromatic rings. The molecule has 0 heterocycles. The van der Waals surface area contributed by atoms with E-state index >= 15 is 0 Å². The van der Waals surface area contributed by atoms with Gasteiger partial charge in [-0.05, 0) is 47.9 Å². The Kier molecular flexibility index (Phi) is 3.39. The number of benzene rings is 2. The van der Waals surface area contributed by atoms with Crippen molar-refractivity contribution < 1.29 is 5.11 Å². The van der Waals surface area contributed by atoms with E-state index in [2.05, 4.69) is 37.3 Å². The van der Waals surface area contributed by atoms with E-state index in [9.17, 15) is 5.11 Å². The van der Waals surface area contributed by atoms with Crippen molar-refractivity contribution in [1.82, 2.24) is 0 Å². The maximum Gasteiger partial charge on any atom is 0.0830 e. The average Bonchev–Trinajstić information content (AvgIpc) is 3.26. The van der Waals surface area contributed by atoms with Crippen molar-refractivity contribution in [3.05, 3.63) is 70.8 Å². The second-order valence-electron chi connectivity index (χ2n) is 5.59. The lowest BCUT2D eigenvalue weighted by Crippen LogP contribution is -2.03. The lowest BCUT2D eigenvalue weighted by Gasteiger charge is -2.14. The molecule has 1 heteroatoms. The molecule has 1 nitrogen and oxygen atoms in total. The molecule has 2 aromatic carbocycles. The first-order valence-corrected chi connectivity index (χ1v) is 7.06. The molecule has 19 heavy (non-hydrogen) atoms. The van der Waals surface area contributed by atoms with Gasteiger partial charge in [0.05, 0.1) is 6.10 Å². The van der Waals surface area contributed by atoms with Gasteiger partial charge in [0.2, 0.25) is 0 Å². The van der Waals surface area contributed by atoms with Gasteiger partial charge in [-0.25, -0.2) is 0 Å². The van der Waals surface area contributed by atoms with Crippen LogP contribution in [0.3, 0.4) is 0 Å². The van der Waals surface area contributed by atoms with Crippen LogP contribution in [0.2, 0.25) is 0 Å². The quantitative estimate of drug-likeness (QED) is 0.866. The first-order chi connectivity index (χ1) is 9.24. The second kappa shape index (κ2) is 5.18. The van der Waals surface area contributed by atoms with Gasteiger partial charge in [0.1, 0.15) is 0 Å². The third kappa shape index (κ3) is 2.87. The van der Waals surface area contributed by atoms with Crippen molar-refractivity contribution in [2.45, 2.75) is 38.2 Å². The van der Waals surface area contributed by atoms with E-state index in [0.717, 1.165) is 11.5 Å². The molecule has 1 N–H and O–H groups in total. The van der Waals surface area contributed by atoms with Crippen molar-refractivity contribution in [2.75, 3.05) is 0 Å². The molecule has 1 fully saturated rings. The molecule has 98 valence electrons. The summed E-state index contributed by atoms with van der Waals surface area (Å²) in [5.41, 5.74) is 4.92. The Morgan fingerprint density at radius 1 is 1.11 bits per heavy atom. The SMILES string of the molecule is Cc1ccccc1CC(O)c1cccc(C2CC2)c1. The van der Waals surface area contributed by atoms with Crippen LogP contribution in [0.25, 0.3) is 0 Å². The number of aliphatic hydroxyl groups is 1. The van der Waals surface area contributed by atoms with Gasteiger partial charge in [-0.3, -0.25) is 0 Å². The maximum absolute atomic E-state index is 10.4. The summed E-state index contributed by atoms with van der Waals surface area (Å²) < 4.78 is 0. The molecule has 0 spiro atoms. The summed E-state index contributed by atoms with van der Waals surface area (Å²) in [6.45, 7) is 2.10. The summed E-state index contributed by atoms with van der Waals surface area (Å²) in [5, 5.41) is 10.4. The van der Waals surface area contributed by atoms with E-state index in [0.29, 0.717) is 6.42 Å². The first kappa shape index (κ1) is 12.4. The highest BCUT2D eigenvalue weighted by molar-refractivity contribution is 5.32. The van der Waals surface area contributed by atoms with E-state index in [1.165, 1.54) is 29.5 Å². The standard InChI is InChI=1S/C18H20O/c1-13-5-2-3-6-15(13)12-18(19)17-8-4-7-16(11-17)14-9-10-14/h2-8,11,14,18-19H,9-10,12H2,1H3. The van der Waals surface area contributed by atoms with Crippen molar-refractivity contribution >= 4 is 0 Å². The van der Waals surface area contributed by atoms with Crippen LogP contribution in [0.15, 0.2) is 48.5 Å². The molecule has 0 aromatic heterocycles. The molecule has 0 aliphatic heterocycles. The van der Waals surface area contributed by atoms with Crippen molar-refractivity contribution in [3.63, 3.8) is 0 Å². The fraction of sp³-hybridized carbons (Fsp3) is 0.333. The second-order valence-corrected chi connectivity index (χ2v) is 5.59. The zero-order chi connectivity index (χ0) is 13.2. The van der Waals surface area contributed by atoms with Crippen molar-refractivity contribution in [2.24, 2.45) is 0 Å². The minimum absolute atomic E-state index is 0.403. The highest BCUT2D eigenvalue weighted by Crippen LogP contribution is 2.40. The van der Waals surface area contributed by atoms with Gasteiger partial charge in [-0.1, -0.05) is 48.5 Å². The normalized spacial score (nSPS) is 16.3. The third-order valence-electron chi connectivity index (χ3n) is 4.02. The molecule has 1 unspecified atom stereocenters. The monoisotopic (exact) mass is 252 g/mol. The third-order valence-corrected chi connectivity index (χ3v) is 4.02. The number of hydrogen-bond acceptors (Lipinski definition) is 1. The molecule has 1 aliphatic rings. The van der Waals surface area contributed by atoms with Crippen LogP contribution in [-0.4, -0.2) is 5.11 Å². The Labute approximate surface area is 114 Å². The van der Waals surface area contributed by atoms with E-state index in [4.69, 9.17) is 0 Å². The fourth-order valence-electron chi connectivity index (χ4n) is 2.60. The van der Waals surface area contributed by atoms with Gasteiger partial charge < -0.3 is 5.11 Å². The van der Waals surface area contributed by atoms with Crippen LogP contribution in [0.5, 0.6) is 0 Å². The van der Waals surface area contributed by atoms with Crippen LogP contribution in [0.4, 0.5) is 0 Å². The number of hydrogen-bond donors (Lipinski definition) is 1. The summed E-state index contributed by atoms with van der Waals surface area (Å²) in [6, 6.07) is 16.8. The predicted octanol–water partition coefficient (Wildman–Crippen LogP) is 4.15. The van der Waals surface area contributed by atoms with Crippen LogP contribution >= 0.6 is 0 Å². The van der Waals surface area contributed by atoms with Crippen molar-refractivity contribution in [3.8, 4) is 0 Å². The summed E-state index contributed by atoms with van der Waals surface area (Å²) in [7, 11) is 0. The Hall–Kier alpha value is -1.60. The minimum Gasteiger partial charge on any atom is -0.388 e. The van der Waals surface area contributed by atoms with E-state index < -0.39 is 6.10 Å². The van der Waals surface area contributed by atoms with Crippen LogP contribution < -0.4 is 0 Å². The van der Waals surface area contributed by atoms with Gasteiger partial charge >= 0.3 is 0 Å². The Balaban J connectivity index is 1.78. The number of rotatable bonds is 4. The molecular weight excluding hydrogens is 232 g/mol. The van der Waals surface area contributed by atoms with E-state index in [1.54, 1.807) is 0 Å². The summed E-state index contributed by atoms with van der Waals surface area (Å²) in [6.07, 6.45) is 2.90.